The molecule has 0 bridgehead atoms. The first-order valence-corrected chi connectivity index (χ1v) is 9.28. The summed E-state index contributed by atoms with van der Waals surface area (Å²) in [6.45, 7) is 5.98. The van der Waals surface area contributed by atoms with Gasteiger partial charge in [-0.25, -0.2) is 0 Å². The van der Waals surface area contributed by atoms with Gasteiger partial charge >= 0.3 is 5.97 Å². The third-order valence-corrected chi connectivity index (χ3v) is 3.64. The highest BCUT2D eigenvalue weighted by molar-refractivity contribution is 6.14. The van der Waals surface area contributed by atoms with Crippen LogP contribution in [0.15, 0.2) is 48.5 Å². The number of amides is 1. The maximum absolute atomic E-state index is 12.8. The number of carbonyl (C=O) groups is 3. The standard InChI is InChI=1S/C20H21NO5.C2H6/c1-3-26-19(23)12-11-18(22)21-17-10-5-4-9-16(17)20(24)14-7-6-8-15(13-14)25-2;1-2/h4-10,13H,3,11-12H2,1-2H3,(H,21,22);1-2H3. The van der Waals surface area contributed by atoms with Crippen molar-refractivity contribution in [2.45, 2.75) is 33.6 Å². The number of benzene rings is 2. The number of carbonyl (C=O) groups excluding carboxylic acids is 3. The fourth-order valence-corrected chi connectivity index (χ4v) is 2.37. The third-order valence-electron chi connectivity index (χ3n) is 3.64. The number of rotatable bonds is 8. The van der Waals surface area contributed by atoms with Crippen LogP contribution in [0.3, 0.4) is 0 Å². The normalized spacial score (nSPS) is 9.57. The molecule has 0 aromatic heterocycles. The number of nitrogens with one attached hydrogen (secondary N) is 1. The van der Waals surface area contributed by atoms with Crippen molar-refractivity contribution in [3.05, 3.63) is 59.7 Å². The molecule has 0 unspecified atom stereocenters. The molecule has 2 aromatic carbocycles. The van der Waals surface area contributed by atoms with Crippen LogP contribution in [0.4, 0.5) is 5.69 Å². The monoisotopic (exact) mass is 385 g/mol. The lowest BCUT2D eigenvalue weighted by Crippen LogP contribution is -2.16. The van der Waals surface area contributed by atoms with E-state index in [1.807, 2.05) is 13.8 Å². The summed E-state index contributed by atoms with van der Waals surface area (Å²) in [6.07, 6.45) is -0.0216. The van der Waals surface area contributed by atoms with Crippen molar-refractivity contribution in [3.63, 3.8) is 0 Å². The van der Waals surface area contributed by atoms with Crippen molar-refractivity contribution in [2.24, 2.45) is 0 Å². The fraction of sp³-hybridized carbons (Fsp3) is 0.318. The van der Waals surface area contributed by atoms with E-state index in [1.165, 1.54) is 7.11 Å². The van der Waals surface area contributed by atoms with Gasteiger partial charge in [-0.1, -0.05) is 38.1 Å². The second-order valence-corrected chi connectivity index (χ2v) is 5.46. The van der Waals surface area contributed by atoms with Crippen LogP contribution in [0.25, 0.3) is 0 Å². The first kappa shape index (κ1) is 22.9. The molecule has 2 rings (SSSR count). The van der Waals surface area contributed by atoms with Gasteiger partial charge in [0.1, 0.15) is 5.75 Å². The second kappa shape index (κ2) is 12.3. The lowest BCUT2D eigenvalue weighted by Gasteiger charge is -2.11. The number of ether oxygens (including phenoxy) is 2. The van der Waals surface area contributed by atoms with Gasteiger partial charge in [-0.05, 0) is 31.2 Å². The zero-order chi connectivity index (χ0) is 20.9. The fourth-order valence-electron chi connectivity index (χ4n) is 2.37. The Morgan fingerprint density at radius 3 is 2.36 bits per heavy atom. The van der Waals surface area contributed by atoms with E-state index >= 15 is 0 Å². The summed E-state index contributed by atoms with van der Waals surface area (Å²) in [5, 5.41) is 2.69. The molecular weight excluding hydrogens is 358 g/mol. The summed E-state index contributed by atoms with van der Waals surface area (Å²) in [7, 11) is 1.53. The number of anilines is 1. The first-order valence-electron chi connectivity index (χ1n) is 9.28. The average Bonchev–Trinajstić information content (AvgIpc) is 2.74. The van der Waals surface area contributed by atoms with Gasteiger partial charge in [0, 0.05) is 17.5 Å². The van der Waals surface area contributed by atoms with Crippen molar-refractivity contribution in [2.75, 3.05) is 19.0 Å². The van der Waals surface area contributed by atoms with Gasteiger partial charge in [-0.15, -0.1) is 0 Å². The molecule has 0 saturated heterocycles. The van der Waals surface area contributed by atoms with Gasteiger partial charge < -0.3 is 14.8 Å². The van der Waals surface area contributed by atoms with Gasteiger partial charge in [0.15, 0.2) is 5.78 Å². The predicted molar refractivity (Wildman–Crippen MR) is 109 cm³/mol. The number of esters is 1. The van der Waals surface area contributed by atoms with Crippen molar-refractivity contribution in [1.82, 2.24) is 0 Å². The molecule has 0 atom stereocenters. The van der Waals surface area contributed by atoms with Crippen molar-refractivity contribution >= 4 is 23.3 Å². The van der Waals surface area contributed by atoms with Crippen molar-refractivity contribution in [3.8, 4) is 5.75 Å². The van der Waals surface area contributed by atoms with E-state index in [9.17, 15) is 14.4 Å². The summed E-state index contributed by atoms with van der Waals surface area (Å²) < 4.78 is 9.94. The molecule has 0 radical (unpaired) electrons. The Labute approximate surface area is 165 Å². The van der Waals surface area contributed by atoms with Gasteiger partial charge in [0.25, 0.3) is 0 Å². The molecule has 0 aliphatic heterocycles. The van der Waals surface area contributed by atoms with E-state index in [-0.39, 0.29) is 31.1 Å². The van der Waals surface area contributed by atoms with E-state index in [2.05, 4.69) is 5.32 Å². The highest BCUT2D eigenvalue weighted by Gasteiger charge is 2.16. The predicted octanol–water partition coefficient (Wildman–Crippen LogP) is 4.23. The summed E-state index contributed by atoms with van der Waals surface area (Å²) in [5.41, 5.74) is 1.22. The summed E-state index contributed by atoms with van der Waals surface area (Å²) in [5.74, 6) is -0.440. The van der Waals surface area contributed by atoms with Crippen LogP contribution in [0.5, 0.6) is 5.75 Å². The minimum absolute atomic E-state index is 0.00826. The van der Waals surface area contributed by atoms with E-state index in [1.54, 1.807) is 55.5 Å². The van der Waals surface area contributed by atoms with Gasteiger partial charge in [-0.3, -0.25) is 14.4 Å². The van der Waals surface area contributed by atoms with E-state index in [0.29, 0.717) is 22.6 Å². The molecule has 0 aliphatic rings. The lowest BCUT2D eigenvalue weighted by atomic mass is 10.0. The van der Waals surface area contributed by atoms with Crippen LogP contribution in [0.2, 0.25) is 0 Å². The van der Waals surface area contributed by atoms with Crippen LogP contribution in [0.1, 0.15) is 49.5 Å². The Kier molecular flexibility index (Phi) is 10.0. The quantitative estimate of drug-likeness (QED) is 0.543. The number of ketones is 1. The second-order valence-electron chi connectivity index (χ2n) is 5.46. The number of para-hydroxylation sites is 1. The Hall–Kier alpha value is -3.15. The number of hydrogen-bond acceptors (Lipinski definition) is 5. The summed E-state index contributed by atoms with van der Waals surface area (Å²) in [4.78, 5) is 36.2. The summed E-state index contributed by atoms with van der Waals surface area (Å²) in [6, 6.07) is 13.5. The Morgan fingerprint density at radius 1 is 0.964 bits per heavy atom. The molecule has 28 heavy (non-hydrogen) atoms. The van der Waals surface area contributed by atoms with Crippen LogP contribution in [-0.4, -0.2) is 31.4 Å². The third kappa shape index (κ3) is 6.87. The molecule has 1 amide bonds. The molecule has 6 nitrogen and oxygen atoms in total. The maximum Gasteiger partial charge on any atom is 0.306 e. The molecule has 2 aromatic rings. The lowest BCUT2D eigenvalue weighted by molar-refractivity contribution is -0.144. The molecule has 1 N–H and O–H groups in total. The number of hydrogen-bond donors (Lipinski definition) is 1. The molecule has 0 spiro atoms. The molecule has 0 aliphatic carbocycles. The molecule has 6 heteroatoms. The van der Waals surface area contributed by atoms with Crippen LogP contribution < -0.4 is 10.1 Å². The highest BCUT2D eigenvalue weighted by Crippen LogP contribution is 2.22. The van der Waals surface area contributed by atoms with Crippen LogP contribution in [0, 0.1) is 0 Å². The van der Waals surface area contributed by atoms with Crippen LogP contribution in [-0.2, 0) is 14.3 Å². The smallest absolute Gasteiger partial charge is 0.306 e. The minimum Gasteiger partial charge on any atom is -0.497 e. The molecule has 0 heterocycles. The van der Waals surface area contributed by atoms with Gasteiger partial charge in [-0.2, -0.15) is 0 Å². The number of methoxy groups -OCH3 is 1. The zero-order valence-electron chi connectivity index (χ0n) is 16.8. The van der Waals surface area contributed by atoms with Gasteiger partial charge in [0.05, 0.1) is 25.8 Å². The summed E-state index contributed by atoms with van der Waals surface area (Å²) >= 11 is 0. The molecular formula is C22H27NO5. The SMILES string of the molecule is CC.CCOC(=O)CCC(=O)Nc1ccccc1C(=O)c1cccc(OC)c1. The highest BCUT2D eigenvalue weighted by atomic mass is 16.5. The largest absolute Gasteiger partial charge is 0.497 e. The Morgan fingerprint density at radius 2 is 1.68 bits per heavy atom. The first-order chi connectivity index (χ1) is 13.5. The van der Waals surface area contributed by atoms with E-state index < -0.39 is 5.97 Å². The topological polar surface area (TPSA) is 81.7 Å². The molecule has 0 fully saturated rings. The molecule has 150 valence electrons. The Balaban J connectivity index is 0.00000190. The van der Waals surface area contributed by atoms with Crippen molar-refractivity contribution < 1.29 is 23.9 Å². The maximum atomic E-state index is 12.8. The van der Waals surface area contributed by atoms with Crippen LogP contribution >= 0.6 is 0 Å². The zero-order valence-corrected chi connectivity index (χ0v) is 16.8. The van der Waals surface area contributed by atoms with Gasteiger partial charge in [0.2, 0.25) is 5.91 Å². The minimum atomic E-state index is -0.427. The van der Waals surface area contributed by atoms with Crippen molar-refractivity contribution in [1.29, 1.82) is 0 Å². The molecule has 0 saturated carbocycles. The Bertz CT molecular complexity index is 801. The van der Waals surface area contributed by atoms with E-state index in [0.717, 1.165) is 0 Å². The van der Waals surface area contributed by atoms with E-state index in [4.69, 9.17) is 9.47 Å². The average molecular weight is 385 g/mol.